The maximum Gasteiger partial charge on any atom is 0.147 e. The van der Waals surface area contributed by atoms with Crippen molar-refractivity contribution in [1.29, 1.82) is 0 Å². The summed E-state index contributed by atoms with van der Waals surface area (Å²) in [5, 5.41) is 2.47. The van der Waals surface area contributed by atoms with Crippen molar-refractivity contribution in [2.75, 3.05) is 19.2 Å². The Kier molecular flexibility index (Phi) is 4.35. The third-order valence-electron chi connectivity index (χ3n) is 4.27. The van der Waals surface area contributed by atoms with E-state index in [1.54, 1.807) is 0 Å². The Bertz CT molecular complexity index is 680. The summed E-state index contributed by atoms with van der Waals surface area (Å²) < 4.78 is 10.9. The van der Waals surface area contributed by atoms with Gasteiger partial charge in [0.15, 0.2) is 0 Å². The van der Waals surface area contributed by atoms with E-state index in [0.717, 1.165) is 29.6 Å². The smallest absolute Gasteiger partial charge is 0.147 e. The zero-order chi connectivity index (χ0) is 14.9. The molecule has 0 spiro atoms. The van der Waals surface area contributed by atoms with Gasteiger partial charge in [-0.1, -0.05) is 0 Å². The number of hydrogen-bond donors (Lipinski definition) is 0. The van der Waals surface area contributed by atoms with E-state index in [1.807, 2.05) is 30.0 Å². The van der Waals surface area contributed by atoms with E-state index in [4.69, 9.17) is 14.5 Å². The Hall–Kier alpha value is -0.690. The molecule has 1 aliphatic carbocycles. The minimum absolute atomic E-state index is 0.276. The molecule has 4 rings (SSSR count). The van der Waals surface area contributed by atoms with Gasteiger partial charge in [-0.25, -0.2) is 9.97 Å². The number of nitrogens with zero attached hydrogens (tertiary/aromatic N) is 2. The molecule has 0 saturated carbocycles. The van der Waals surface area contributed by atoms with Crippen molar-refractivity contribution in [1.82, 2.24) is 9.97 Å². The van der Waals surface area contributed by atoms with Gasteiger partial charge in [0.25, 0.3) is 0 Å². The van der Waals surface area contributed by atoms with Crippen LogP contribution in [0.15, 0.2) is 5.03 Å². The van der Waals surface area contributed by atoms with Crippen LogP contribution in [0.5, 0.6) is 0 Å². The molecule has 3 heterocycles. The van der Waals surface area contributed by atoms with Crippen molar-refractivity contribution < 1.29 is 9.47 Å². The van der Waals surface area contributed by atoms with Crippen LogP contribution in [0, 0.1) is 6.92 Å². The van der Waals surface area contributed by atoms with E-state index >= 15 is 0 Å². The molecule has 0 N–H and O–H groups in total. The van der Waals surface area contributed by atoms with Crippen LogP contribution in [-0.4, -0.2) is 35.2 Å². The zero-order valence-electron chi connectivity index (χ0n) is 12.8. The number of fused-ring (bicyclic) bond motifs is 3. The lowest BCUT2D eigenvalue weighted by Gasteiger charge is -2.22. The lowest BCUT2D eigenvalue weighted by molar-refractivity contribution is -0.130. The van der Waals surface area contributed by atoms with Crippen molar-refractivity contribution >= 4 is 33.3 Å². The first-order chi connectivity index (χ1) is 10.8. The first kappa shape index (κ1) is 14.9. The summed E-state index contributed by atoms with van der Waals surface area (Å²) >= 11 is 3.70. The number of aromatic nitrogens is 2. The summed E-state index contributed by atoms with van der Waals surface area (Å²) in [6, 6.07) is 0. The monoisotopic (exact) mass is 336 g/mol. The Morgan fingerprint density at radius 2 is 2.18 bits per heavy atom. The Morgan fingerprint density at radius 1 is 1.27 bits per heavy atom. The molecule has 2 aromatic heterocycles. The Balaban J connectivity index is 1.65. The van der Waals surface area contributed by atoms with Gasteiger partial charge in [-0.15, -0.1) is 23.1 Å². The van der Waals surface area contributed by atoms with Crippen molar-refractivity contribution in [3.8, 4) is 0 Å². The molecule has 1 saturated heterocycles. The summed E-state index contributed by atoms with van der Waals surface area (Å²) in [6.45, 7) is 3.22. The fourth-order valence-corrected chi connectivity index (χ4v) is 5.67. The van der Waals surface area contributed by atoms with Crippen LogP contribution in [0.1, 0.15) is 35.5 Å². The average molecular weight is 336 g/mol. The third kappa shape index (κ3) is 2.89. The molecule has 2 aromatic rings. The highest BCUT2D eigenvalue weighted by molar-refractivity contribution is 7.99. The van der Waals surface area contributed by atoms with Gasteiger partial charge in [0, 0.05) is 16.0 Å². The second kappa shape index (κ2) is 6.43. The fraction of sp³-hybridized carbons (Fsp3) is 0.625. The topological polar surface area (TPSA) is 44.2 Å². The zero-order valence-corrected chi connectivity index (χ0v) is 14.4. The average Bonchev–Trinajstić information content (AvgIpc) is 2.91. The minimum Gasteiger partial charge on any atom is -0.355 e. The van der Waals surface area contributed by atoms with Crippen molar-refractivity contribution in [3.63, 3.8) is 0 Å². The van der Waals surface area contributed by atoms with Crippen LogP contribution in [0.4, 0.5) is 0 Å². The summed E-state index contributed by atoms with van der Waals surface area (Å²) in [5.74, 6) is 1.82. The summed E-state index contributed by atoms with van der Waals surface area (Å²) in [5.41, 5.74) is 1.52. The Morgan fingerprint density at radius 3 is 3.05 bits per heavy atom. The summed E-state index contributed by atoms with van der Waals surface area (Å²) in [7, 11) is 0. The number of thiophene rings is 1. The van der Waals surface area contributed by atoms with Crippen LogP contribution in [0.2, 0.25) is 0 Å². The van der Waals surface area contributed by atoms with E-state index in [0.29, 0.717) is 6.79 Å². The maximum absolute atomic E-state index is 5.65. The molecule has 4 nitrogen and oxygen atoms in total. The molecule has 1 aliphatic heterocycles. The normalized spacial score (nSPS) is 22.0. The predicted octanol–water partition coefficient (Wildman–Crippen LogP) is 3.73. The van der Waals surface area contributed by atoms with Crippen LogP contribution < -0.4 is 0 Å². The molecular formula is C16H20N2O2S2. The number of ether oxygens (including phenoxy) is 2. The fourth-order valence-electron chi connectivity index (χ4n) is 3.13. The molecule has 6 heteroatoms. The van der Waals surface area contributed by atoms with Crippen LogP contribution in [-0.2, 0) is 22.3 Å². The van der Waals surface area contributed by atoms with Crippen LogP contribution in [0.3, 0.4) is 0 Å². The van der Waals surface area contributed by atoms with Gasteiger partial charge >= 0.3 is 0 Å². The number of thioether (sulfide) groups is 1. The quantitative estimate of drug-likeness (QED) is 0.631. The molecule has 0 aromatic carbocycles. The molecule has 0 amide bonds. The van der Waals surface area contributed by atoms with E-state index in [-0.39, 0.29) is 6.10 Å². The first-order valence-electron chi connectivity index (χ1n) is 7.92. The lowest BCUT2D eigenvalue weighted by Crippen LogP contribution is -2.25. The highest BCUT2D eigenvalue weighted by atomic mass is 32.2. The van der Waals surface area contributed by atoms with E-state index < -0.39 is 0 Å². The Labute approximate surface area is 138 Å². The SMILES string of the molecule is Cc1nc(SC[C@@H]2CCOCO2)c2c3c(sc2n1)CCCC3. The van der Waals surface area contributed by atoms with Gasteiger partial charge in [-0.05, 0) is 44.6 Å². The van der Waals surface area contributed by atoms with Crippen molar-refractivity contribution in [2.24, 2.45) is 0 Å². The third-order valence-corrected chi connectivity index (χ3v) is 6.56. The van der Waals surface area contributed by atoms with E-state index in [2.05, 4.69) is 4.98 Å². The largest absolute Gasteiger partial charge is 0.355 e. The molecule has 0 radical (unpaired) electrons. The maximum atomic E-state index is 5.65. The summed E-state index contributed by atoms with van der Waals surface area (Å²) in [6.07, 6.45) is 6.25. The lowest BCUT2D eigenvalue weighted by atomic mass is 9.97. The molecule has 0 unspecified atom stereocenters. The molecule has 2 aliphatic rings. The predicted molar refractivity (Wildman–Crippen MR) is 89.8 cm³/mol. The van der Waals surface area contributed by atoms with Crippen LogP contribution >= 0.6 is 23.1 Å². The summed E-state index contributed by atoms with van der Waals surface area (Å²) in [4.78, 5) is 12.1. The molecule has 0 bridgehead atoms. The number of hydrogen-bond acceptors (Lipinski definition) is 6. The second-order valence-electron chi connectivity index (χ2n) is 5.88. The van der Waals surface area contributed by atoms with Gasteiger partial charge in [0.05, 0.1) is 12.7 Å². The highest BCUT2D eigenvalue weighted by Crippen LogP contribution is 2.39. The molecule has 118 valence electrons. The minimum atomic E-state index is 0.276. The van der Waals surface area contributed by atoms with E-state index in [1.165, 1.54) is 46.3 Å². The standard InChI is InChI=1S/C16H20N2O2S2/c1-10-17-15(21-8-11-6-7-19-9-20-11)14-12-4-2-3-5-13(12)22-16(14)18-10/h11H,2-9H2,1H3/t11-/m0/s1. The van der Waals surface area contributed by atoms with Gasteiger partial charge in [0.2, 0.25) is 0 Å². The highest BCUT2D eigenvalue weighted by Gasteiger charge is 2.22. The van der Waals surface area contributed by atoms with Crippen molar-refractivity contribution in [3.05, 3.63) is 16.3 Å². The molecule has 22 heavy (non-hydrogen) atoms. The van der Waals surface area contributed by atoms with Gasteiger partial charge in [0.1, 0.15) is 22.5 Å². The first-order valence-corrected chi connectivity index (χ1v) is 9.72. The van der Waals surface area contributed by atoms with E-state index in [9.17, 15) is 0 Å². The number of rotatable bonds is 3. The van der Waals surface area contributed by atoms with Gasteiger partial charge in [-0.2, -0.15) is 0 Å². The van der Waals surface area contributed by atoms with Crippen molar-refractivity contribution in [2.45, 2.75) is 50.2 Å². The number of aryl methyl sites for hydroxylation is 3. The molecule has 1 fully saturated rings. The van der Waals surface area contributed by atoms with Gasteiger partial charge in [-0.3, -0.25) is 0 Å². The molecular weight excluding hydrogens is 316 g/mol. The second-order valence-corrected chi connectivity index (χ2v) is 7.97. The molecule has 1 atom stereocenters. The van der Waals surface area contributed by atoms with Gasteiger partial charge < -0.3 is 9.47 Å². The van der Waals surface area contributed by atoms with Crippen LogP contribution in [0.25, 0.3) is 10.2 Å².